The van der Waals surface area contributed by atoms with E-state index in [9.17, 15) is 22.8 Å². The van der Waals surface area contributed by atoms with Gasteiger partial charge in [-0.1, -0.05) is 0 Å². The number of benzene rings is 1. The molecular formula is C20H26F3N5O3S. The van der Waals surface area contributed by atoms with Gasteiger partial charge in [-0.2, -0.15) is 4.37 Å². The van der Waals surface area contributed by atoms with Crippen LogP contribution < -0.4 is 26.4 Å². The van der Waals surface area contributed by atoms with Gasteiger partial charge in [0.2, 0.25) is 5.88 Å². The molecule has 5 N–H and O–H groups in total. The van der Waals surface area contributed by atoms with Crippen LogP contribution in [-0.2, 0) is 6.61 Å². The fourth-order valence-electron chi connectivity index (χ4n) is 2.60. The summed E-state index contributed by atoms with van der Waals surface area (Å²) < 4.78 is 50.8. The van der Waals surface area contributed by atoms with Crippen LogP contribution in [0.4, 0.5) is 23.0 Å². The summed E-state index contributed by atoms with van der Waals surface area (Å²) in [5.41, 5.74) is 4.21. The number of nitrogens with two attached hydrogens (primary N) is 1. The number of hydrogen-bond acceptors (Lipinski definition) is 6. The third-order valence-corrected chi connectivity index (χ3v) is 4.96. The van der Waals surface area contributed by atoms with Crippen molar-refractivity contribution in [3.05, 3.63) is 40.2 Å². The van der Waals surface area contributed by atoms with E-state index < -0.39 is 41.6 Å². The maximum absolute atomic E-state index is 14.0. The van der Waals surface area contributed by atoms with E-state index in [1.165, 1.54) is 6.92 Å². The number of amides is 3. The Balaban J connectivity index is 2.01. The topological polar surface area (TPSA) is 118 Å². The van der Waals surface area contributed by atoms with Crippen molar-refractivity contribution in [3.63, 3.8) is 0 Å². The number of anilines is 1. The Morgan fingerprint density at radius 1 is 1.19 bits per heavy atom. The minimum absolute atomic E-state index is 0.00819. The van der Waals surface area contributed by atoms with Crippen LogP contribution in [0.15, 0.2) is 6.07 Å². The second-order valence-electron chi connectivity index (χ2n) is 8.04. The van der Waals surface area contributed by atoms with Gasteiger partial charge in [0, 0.05) is 12.1 Å². The number of rotatable bonds is 9. The number of ether oxygens (including phenoxy) is 1. The Labute approximate surface area is 187 Å². The molecule has 0 radical (unpaired) electrons. The normalized spacial score (nSPS) is 11.3. The van der Waals surface area contributed by atoms with Crippen molar-refractivity contribution in [2.75, 3.05) is 18.4 Å². The first-order valence-electron chi connectivity index (χ1n) is 9.75. The number of primary amides is 1. The van der Waals surface area contributed by atoms with Crippen LogP contribution in [0.3, 0.4) is 0 Å². The summed E-state index contributed by atoms with van der Waals surface area (Å²) in [7, 11) is 0. The fraction of sp³-hybridized carbons (Fsp3) is 0.450. The zero-order chi connectivity index (χ0) is 24.1. The van der Waals surface area contributed by atoms with Crippen molar-refractivity contribution < 1.29 is 27.5 Å². The predicted molar refractivity (Wildman–Crippen MR) is 115 cm³/mol. The molecule has 0 aliphatic rings. The molecule has 12 heteroatoms. The standard InChI is InChI=1S/C20H26F3N5O3S/c1-10-8-12(21)11(15(23)14(10)22)9-31-17-13(16(24)29)18(32-28-17)27-19(30)25-6-5-7-26-20(2,3)4/h8,26H,5-7,9H2,1-4H3,(H2,24,29)(H2,25,27,30). The average molecular weight is 474 g/mol. The summed E-state index contributed by atoms with van der Waals surface area (Å²) in [4.78, 5) is 23.9. The molecule has 0 aliphatic carbocycles. The van der Waals surface area contributed by atoms with Crippen molar-refractivity contribution >= 4 is 28.5 Å². The van der Waals surface area contributed by atoms with E-state index in [-0.39, 0.29) is 27.5 Å². The van der Waals surface area contributed by atoms with Crippen molar-refractivity contribution in [2.45, 2.75) is 46.3 Å². The maximum Gasteiger partial charge on any atom is 0.319 e. The molecule has 0 bridgehead atoms. The number of halogens is 3. The highest BCUT2D eigenvalue weighted by Gasteiger charge is 2.24. The smallest absolute Gasteiger partial charge is 0.319 e. The molecule has 2 aromatic rings. The molecule has 0 fully saturated rings. The molecule has 1 aromatic heterocycles. The molecule has 8 nitrogen and oxygen atoms in total. The third kappa shape index (κ3) is 6.82. The molecule has 2 rings (SSSR count). The second-order valence-corrected chi connectivity index (χ2v) is 8.81. The van der Waals surface area contributed by atoms with Crippen molar-refractivity contribution in [1.29, 1.82) is 0 Å². The quantitative estimate of drug-likeness (QED) is 0.329. The molecule has 0 spiro atoms. The first-order chi connectivity index (χ1) is 14.9. The highest BCUT2D eigenvalue weighted by molar-refractivity contribution is 7.11. The third-order valence-electron chi connectivity index (χ3n) is 4.22. The highest BCUT2D eigenvalue weighted by Crippen LogP contribution is 2.31. The monoisotopic (exact) mass is 473 g/mol. The molecular weight excluding hydrogens is 447 g/mol. The summed E-state index contributed by atoms with van der Waals surface area (Å²) in [6.45, 7) is 7.65. The molecule has 1 heterocycles. The van der Waals surface area contributed by atoms with E-state index in [1.807, 2.05) is 20.8 Å². The molecule has 0 saturated heterocycles. The lowest BCUT2D eigenvalue weighted by Crippen LogP contribution is -2.38. The number of carbonyl (C=O) groups is 2. The average Bonchev–Trinajstić information content (AvgIpc) is 3.07. The van der Waals surface area contributed by atoms with Crippen LogP contribution in [0.2, 0.25) is 0 Å². The Morgan fingerprint density at radius 2 is 1.88 bits per heavy atom. The van der Waals surface area contributed by atoms with E-state index in [0.717, 1.165) is 6.07 Å². The summed E-state index contributed by atoms with van der Waals surface area (Å²) >= 11 is 0.707. The van der Waals surface area contributed by atoms with Crippen LogP contribution in [0.5, 0.6) is 5.88 Å². The zero-order valence-corrected chi connectivity index (χ0v) is 19.0. The lowest BCUT2D eigenvalue weighted by molar-refractivity contribution is 0.0996. The maximum atomic E-state index is 14.0. The lowest BCUT2D eigenvalue weighted by atomic mass is 10.1. The summed E-state index contributed by atoms with van der Waals surface area (Å²) in [6.07, 6.45) is 0.675. The Kier molecular flexibility index (Phi) is 8.44. The largest absolute Gasteiger partial charge is 0.471 e. The van der Waals surface area contributed by atoms with Gasteiger partial charge in [0.1, 0.15) is 23.0 Å². The van der Waals surface area contributed by atoms with E-state index >= 15 is 0 Å². The van der Waals surface area contributed by atoms with Crippen LogP contribution in [-0.4, -0.2) is 34.9 Å². The van der Waals surface area contributed by atoms with Crippen molar-refractivity contribution in [3.8, 4) is 5.88 Å². The van der Waals surface area contributed by atoms with Gasteiger partial charge in [0.15, 0.2) is 11.6 Å². The Morgan fingerprint density at radius 3 is 2.50 bits per heavy atom. The summed E-state index contributed by atoms with van der Waals surface area (Å²) in [5, 5.41) is 8.37. The molecule has 32 heavy (non-hydrogen) atoms. The van der Waals surface area contributed by atoms with Crippen LogP contribution in [0.1, 0.15) is 48.7 Å². The van der Waals surface area contributed by atoms with E-state index in [1.54, 1.807) is 0 Å². The molecule has 1 aromatic carbocycles. The van der Waals surface area contributed by atoms with Crippen LogP contribution in [0.25, 0.3) is 0 Å². The van der Waals surface area contributed by atoms with Crippen LogP contribution in [0, 0.1) is 24.4 Å². The van der Waals surface area contributed by atoms with Crippen LogP contribution >= 0.6 is 11.5 Å². The number of nitrogens with zero attached hydrogens (tertiary/aromatic N) is 1. The molecule has 0 saturated carbocycles. The first-order valence-corrected chi connectivity index (χ1v) is 10.5. The number of carbonyl (C=O) groups excluding carboxylic acids is 2. The summed E-state index contributed by atoms with van der Waals surface area (Å²) in [5.74, 6) is -4.88. The number of aromatic nitrogens is 1. The lowest BCUT2D eigenvalue weighted by Gasteiger charge is -2.20. The molecule has 0 unspecified atom stereocenters. The van der Waals surface area contributed by atoms with E-state index in [2.05, 4.69) is 20.3 Å². The minimum atomic E-state index is -1.39. The van der Waals surface area contributed by atoms with Gasteiger partial charge in [-0.25, -0.2) is 18.0 Å². The Hall–Kier alpha value is -2.86. The molecule has 0 atom stereocenters. The molecule has 3 amide bonds. The zero-order valence-electron chi connectivity index (χ0n) is 18.2. The van der Waals surface area contributed by atoms with Gasteiger partial charge < -0.3 is 21.1 Å². The highest BCUT2D eigenvalue weighted by atomic mass is 32.1. The number of hydrogen-bond donors (Lipinski definition) is 4. The molecule has 0 aliphatic heterocycles. The van der Waals surface area contributed by atoms with Gasteiger partial charge in [0.05, 0.1) is 5.56 Å². The summed E-state index contributed by atoms with van der Waals surface area (Å²) in [6, 6.07) is 0.248. The second kappa shape index (κ2) is 10.6. The molecule has 176 valence electrons. The Bertz CT molecular complexity index is 992. The fourth-order valence-corrected chi connectivity index (χ4v) is 3.34. The van der Waals surface area contributed by atoms with Gasteiger partial charge in [-0.3, -0.25) is 10.1 Å². The first kappa shape index (κ1) is 25.4. The van der Waals surface area contributed by atoms with Crippen molar-refractivity contribution in [2.24, 2.45) is 5.73 Å². The SMILES string of the molecule is Cc1cc(F)c(COc2nsc(NC(=O)NCCCNC(C)(C)C)c2C(N)=O)c(F)c1F. The number of nitrogens with one attached hydrogen (secondary N) is 3. The van der Waals surface area contributed by atoms with E-state index in [4.69, 9.17) is 10.5 Å². The van der Waals surface area contributed by atoms with Gasteiger partial charge >= 0.3 is 6.03 Å². The predicted octanol–water partition coefficient (Wildman–Crippen LogP) is 3.45. The van der Waals surface area contributed by atoms with Gasteiger partial charge in [-0.15, -0.1) is 0 Å². The van der Waals surface area contributed by atoms with Crippen molar-refractivity contribution in [1.82, 2.24) is 15.0 Å². The number of aryl methyl sites for hydroxylation is 1. The van der Waals surface area contributed by atoms with Gasteiger partial charge in [0.25, 0.3) is 5.91 Å². The van der Waals surface area contributed by atoms with Gasteiger partial charge in [-0.05, 0) is 63.8 Å². The van der Waals surface area contributed by atoms with E-state index in [0.29, 0.717) is 31.0 Å². The number of urea groups is 1. The minimum Gasteiger partial charge on any atom is -0.471 e.